The maximum atomic E-state index is 12.6. The summed E-state index contributed by atoms with van der Waals surface area (Å²) in [5, 5.41) is 12.0. The number of nitrogens with one attached hydrogen (secondary N) is 1. The van der Waals surface area contributed by atoms with E-state index >= 15 is 0 Å². The summed E-state index contributed by atoms with van der Waals surface area (Å²) >= 11 is 0. The maximum Gasteiger partial charge on any atom is 0.257 e. The summed E-state index contributed by atoms with van der Waals surface area (Å²) in [6.45, 7) is 7.26. The van der Waals surface area contributed by atoms with Gasteiger partial charge < -0.3 is 15.3 Å². The molecule has 0 bridgehead atoms. The van der Waals surface area contributed by atoms with Crippen LogP contribution in [0.15, 0.2) is 18.3 Å². The number of hydrogen-bond acceptors (Lipinski definition) is 4. The molecule has 0 fully saturated rings. The van der Waals surface area contributed by atoms with Gasteiger partial charge in [-0.15, -0.1) is 0 Å². The van der Waals surface area contributed by atoms with Crippen LogP contribution in [0.2, 0.25) is 0 Å². The summed E-state index contributed by atoms with van der Waals surface area (Å²) in [5.41, 5.74) is 0.580. The summed E-state index contributed by atoms with van der Waals surface area (Å²) in [6, 6.07) is 3.63. The van der Waals surface area contributed by atoms with Crippen molar-refractivity contribution in [1.82, 2.24) is 9.88 Å². The minimum absolute atomic E-state index is 0.0486. The average Bonchev–Trinajstić information content (AvgIpc) is 2.39. The van der Waals surface area contributed by atoms with Crippen molar-refractivity contribution in [3.63, 3.8) is 0 Å². The molecule has 1 rings (SSSR count). The molecule has 0 radical (unpaired) electrons. The van der Waals surface area contributed by atoms with Gasteiger partial charge in [0, 0.05) is 31.9 Å². The number of nitrogens with zero attached hydrogens (tertiary/aromatic N) is 2. The smallest absolute Gasteiger partial charge is 0.257 e. The lowest BCUT2D eigenvalue weighted by Gasteiger charge is -2.27. The number of amides is 1. The topological polar surface area (TPSA) is 65.5 Å². The molecular formula is C14H23N3O2. The van der Waals surface area contributed by atoms with E-state index in [0.29, 0.717) is 24.3 Å². The fourth-order valence-electron chi connectivity index (χ4n) is 1.88. The number of carbonyl (C=O) groups excluding carboxylic acids is 1. The van der Waals surface area contributed by atoms with E-state index in [0.717, 1.165) is 6.54 Å². The standard InChI is InChI=1S/C14H23N3O2/c1-4-15-13-12(7-5-8-16-13)14(19)17(11(2)3)9-6-10-18/h5,7-8,11,18H,4,6,9-10H2,1-3H3,(H,15,16). The van der Waals surface area contributed by atoms with Crippen molar-refractivity contribution in [2.75, 3.05) is 25.0 Å². The van der Waals surface area contributed by atoms with Gasteiger partial charge in [0.15, 0.2) is 0 Å². The van der Waals surface area contributed by atoms with E-state index in [1.165, 1.54) is 0 Å². The summed E-state index contributed by atoms with van der Waals surface area (Å²) in [6.07, 6.45) is 2.25. The maximum absolute atomic E-state index is 12.6. The Labute approximate surface area is 114 Å². The van der Waals surface area contributed by atoms with Gasteiger partial charge in [-0.3, -0.25) is 4.79 Å². The van der Waals surface area contributed by atoms with Crippen LogP contribution in [0.25, 0.3) is 0 Å². The first-order valence-electron chi connectivity index (χ1n) is 6.72. The summed E-state index contributed by atoms with van der Waals surface area (Å²) in [5.74, 6) is 0.567. The molecule has 1 heterocycles. The molecule has 19 heavy (non-hydrogen) atoms. The Morgan fingerprint density at radius 2 is 2.26 bits per heavy atom. The number of aliphatic hydroxyl groups is 1. The average molecular weight is 265 g/mol. The molecule has 0 saturated heterocycles. The molecular weight excluding hydrogens is 242 g/mol. The van der Waals surface area contributed by atoms with E-state index in [2.05, 4.69) is 10.3 Å². The Hall–Kier alpha value is -1.62. The highest BCUT2D eigenvalue weighted by Crippen LogP contribution is 2.16. The van der Waals surface area contributed by atoms with E-state index in [-0.39, 0.29) is 18.6 Å². The van der Waals surface area contributed by atoms with Gasteiger partial charge in [0.05, 0.1) is 5.56 Å². The summed E-state index contributed by atoms with van der Waals surface area (Å²) < 4.78 is 0. The van der Waals surface area contributed by atoms with Crippen LogP contribution in [0.1, 0.15) is 37.6 Å². The Morgan fingerprint density at radius 3 is 2.84 bits per heavy atom. The van der Waals surface area contributed by atoms with Crippen LogP contribution < -0.4 is 5.32 Å². The molecule has 0 aliphatic heterocycles. The minimum atomic E-state index is -0.0486. The molecule has 2 N–H and O–H groups in total. The van der Waals surface area contributed by atoms with Gasteiger partial charge in [-0.1, -0.05) is 0 Å². The van der Waals surface area contributed by atoms with Crippen LogP contribution in [0.4, 0.5) is 5.82 Å². The van der Waals surface area contributed by atoms with Crippen molar-refractivity contribution in [1.29, 1.82) is 0 Å². The van der Waals surface area contributed by atoms with Gasteiger partial charge in [-0.2, -0.15) is 0 Å². The molecule has 5 heteroatoms. The third-order valence-electron chi connectivity index (χ3n) is 2.82. The van der Waals surface area contributed by atoms with Gasteiger partial charge in [-0.25, -0.2) is 4.98 Å². The molecule has 0 spiro atoms. The van der Waals surface area contributed by atoms with Gasteiger partial charge >= 0.3 is 0 Å². The summed E-state index contributed by atoms with van der Waals surface area (Å²) in [4.78, 5) is 18.5. The second kappa shape index (κ2) is 7.74. The zero-order chi connectivity index (χ0) is 14.3. The van der Waals surface area contributed by atoms with Crippen molar-refractivity contribution < 1.29 is 9.90 Å². The molecule has 0 atom stereocenters. The number of pyridine rings is 1. The zero-order valence-electron chi connectivity index (χ0n) is 11.9. The lowest BCUT2D eigenvalue weighted by molar-refractivity contribution is 0.0694. The first-order chi connectivity index (χ1) is 9.11. The normalized spacial score (nSPS) is 10.6. The Balaban J connectivity index is 2.95. The van der Waals surface area contributed by atoms with Gasteiger partial charge in [0.25, 0.3) is 5.91 Å². The third-order valence-corrected chi connectivity index (χ3v) is 2.82. The second-order valence-electron chi connectivity index (χ2n) is 4.60. The number of hydrogen-bond donors (Lipinski definition) is 2. The first-order valence-corrected chi connectivity index (χ1v) is 6.72. The highest BCUT2D eigenvalue weighted by atomic mass is 16.3. The molecule has 0 aliphatic carbocycles. The van der Waals surface area contributed by atoms with Crippen molar-refractivity contribution in [2.45, 2.75) is 33.2 Å². The highest BCUT2D eigenvalue weighted by molar-refractivity contribution is 5.98. The fourth-order valence-corrected chi connectivity index (χ4v) is 1.88. The minimum Gasteiger partial charge on any atom is -0.396 e. The van der Waals surface area contributed by atoms with Crippen molar-refractivity contribution >= 4 is 11.7 Å². The van der Waals surface area contributed by atoms with E-state index in [1.807, 2.05) is 20.8 Å². The third kappa shape index (κ3) is 4.21. The van der Waals surface area contributed by atoms with Crippen molar-refractivity contribution in [2.24, 2.45) is 0 Å². The number of aliphatic hydroxyl groups excluding tert-OH is 1. The van der Waals surface area contributed by atoms with E-state index in [1.54, 1.807) is 23.2 Å². The largest absolute Gasteiger partial charge is 0.396 e. The Morgan fingerprint density at radius 1 is 1.53 bits per heavy atom. The molecule has 0 aromatic carbocycles. The number of rotatable bonds is 7. The predicted octanol–water partition coefficient (Wildman–Crippen LogP) is 1.75. The number of anilines is 1. The van der Waals surface area contributed by atoms with Crippen molar-refractivity contribution in [3.05, 3.63) is 23.9 Å². The molecule has 0 unspecified atom stereocenters. The molecule has 0 saturated carbocycles. The molecule has 5 nitrogen and oxygen atoms in total. The van der Waals surface area contributed by atoms with E-state index in [4.69, 9.17) is 5.11 Å². The van der Waals surface area contributed by atoms with Crippen LogP contribution in [-0.4, -0.2) is 46.6 Å². The fraction of sp³-hybridized carbons (Fsp3) is 0.571. The Bertz CT molecular complexity index is 407. The summed E-state index contributed by atoms with van der Waals surface area (Å²) in [7, 11) is 0. The predicted molar refractivity (Wildman–Crippen MR) is 76.3 cm³/mol. The van der Waals surface area contributed by atoms with Gasteiger partial charge in [0.2, 0.25) is 0 Å². The lowest BCUT2D eigenvalue weighted by Crippen LogP contribution is -2.38. The van der Waals surface area contributed by atoms with Crippen LogP contribution in [0, 0.1) is 0 Å². The van der Waals surface area contributed by atoms with E-state index < -0.39 is 0 Å². The zero-order valence-corrected chi connectivity index (χ0v) is 11.9. The number of carbonyl (C=O) groups is 1. The van der Waals surface area contributed by atoms with E-state index in [9.17, 15) is 4.79 Å². The molecule has 1 aromatic rings. The first kappa shape index (κ1) is 15.4. The van der Waals surface area contributed by atoms with Gasteiger partial charge in [-0.05, 0) is 39.3 Å². The monoisotopic (exact) mass is 265 g/mol. The van der Waals surface area contributed by atoms with Crippen LogP contribution in [0.3, 0.4) is 0 Å². The molecule has 1 aromatic heterocycles. The molecule has 1 amide bonds. The number of aromatic nitrogens is 1. The SMILES string of the molecule is CCNc1ncccc1C(=O)N(CCCO)C(C)C. The van der Waals surface area contributed by atoms with Gasteiger partial charge in [0.1, 0.15) is 5.82 Å². The highest BCUT2D eigenvalue weighted by Gasteiger charge is 2.21. The van der Waals surface area contributed by atoms with Crippen molar-refractivity contribution in [3.8, 4) is 0 Å². The Kier molecular flexibility index (Phi) is 6.29. The molecule has 106 valence electrons. The second-order valence-corrected chi connectivity index (χ2v) is 4.60. The van der Waals surface area contributed by atoms with Crippen LogP contribution in [-0.2, 0) is 0 Å². The quantitative estimate of drug-likeness (QED) is 0.788. The lowest BCUT2D eigenvalue weighted by atomic mass is 10.2. The van der Waals surface area contributed by atoms with Crippen LogP contribution >= 0.6 is 0 Å². The van der Waals surface area contributed by atoms with Crippen LogP contribution in [0.5, 0.6) is 0 Å². The molecule has 0 aliphatic rings.